The molecule has 0 saturated carbocycles. The van der Waals surface area contributed by atoms with E-state index in [1.807, 2.05) is 6.07 Å². The summed E-state index contributed by atoms with van der Waals surface area (Å²) in [7, 11) is 0. The van der Waals surface area contributed by atoms with Gasteiger partial charge in [0.1, 0.15) is 5.82 Å². The Kier molecular flexibility index (Phi) is 3.81. The second-order valence-corrected chi connectivity index (χ2v) is 4.46. The molecule has 2 aromatic rings. The molecule has 0 radical (unpaired) electrons. The molecule has 0 atom stereocenters. The van der Waals surface area contributed by atoms with Crippen LogP contribution >= 0.6 is 23.2 Å². The molecule has 0 unspecified atom stereocenters. The maximum absolute atomic E-state index is 13.7. The van der Waals surface area contributed by atoms with Crippen LogP contribution < -0.4 is 0 Å². The van der Waals surface area contributed by atoms with Crippen molar-refractivity contribution in [3.05, 3.63) is 52.0 Å². The quantitative estimate of drug-likeness (QED) is 0.824. The highest BCUT2D eigenvalue weighted by molar-refractivity contribution is 6.36. The van der Waals surface area contributed by atoms with Crippen LogP contribution in [0.3, 0.4) is 0 Å². The van der Waals surface area contributed by atoms with Gasteiger partial charge in [-0.15, -0.1) is 0 Å². The van der Waals surface area contributed by atoms with Crippen LogP contribution in [0, 0.1) is 17.1 Å². The van der Waals surface area contributed by atoms with Crippen molar-refractivity contribution in [1.29, 1.82) is 5.26 Å². The van der Waals surface area contributed by atoms with E-state index in [2.05, 4.69) is 4.98 Å². The maximum atomic E-state index is 13.7. The second-order valence-electron chi connectivity index (χ2n) is 3.61. The van der Waals surface area contributed by atoms with Crippen LogP contribution in [0.1, 0.15) is 5.69 Å². The van der Waals surface area contributed by atoms with Crippen molar-refractivity contribution in [3.63, 3.8) is 0 Å². The predicted molar refractivity (Wildman–Crippen MR) is 69.0 cm³/mol. The summed E-state index contributed by atoms with van der Waals surface area (Å²) in [5.41, 5.74) is 1.33. The lowest BCUT2D eigenvalue weighted by molar-refractivity contribution is 0.606. The molecule has 0 aliphatic heterocycles. The Labute approximate surface area is 114 Å². The SMILES string of the molecule is N#CCc1ncc(-c2ccc(Cl)cc2Cl)cc1F. The van der Waals surface area contributed by atoms with Crippen LogP contribution in [-0.4, -0.2) is 4.98 Å². The highest BCUT2D eigenvalue weighted by Crippen LogP contribution is 2.30. The van der Waals surface area contributed by atoms with Crippen molar-refractivity contribution in [2.24, 2.45) is 0 Å². The monoisotopic (exact) mass is 280 g/mol. The highest BCUT2D eigenvalue weighted by Gasteiger charge is 2.09. The van der Waals surface area contributed by atoms with Gasteiger partial charge in [-0.05, 0) is 18.2 Å². The lowest BCUT2D eigenvalue weighted by Gasteiger charge is -2.06. The van der Waals surface area contributed by atoms with Gasteiger partial charge in [-0.2, -0.15) is 5.26 Å². The van der Waals surface area contributed by atoms with Gasteiger partial charge in [0.2, 0.25) is 0 Å². The molecule has 1 heterocycles. The second kappa shape index (κ2) is 5.34. The number of hydrogen-bond acceptors (Lipinski definition) is 2. The summed E-state index contributed by atoms with van der Waals surface area (Å²) < 4.78 is 13.7. The normalized spacial score (nSPS) is 10.1. The topological polar surface area (TPSA) is 36.7 Å². The van der Waals surface area contributed by atoms with E-state index in [1.54, 1.807) is 18.2 Å². The van der Waals surface area contributed by atoms with E-state index in [0.717, 1.165) is 0 Å². The molecule has 5 heteroatoms. The molecule has 0 spiro atoms. The number of rotatable bonds is 2. The average molecular weight is 281 g/mol. The van der Waals surface area contributed by atoms with Gasteiger partial charge in [-0.1, -0.05) is 29.3 Å². The van der Waals surface area contributed by atoms with Gasteiger partial charge in [-0.25, -0.2) is 4.39 Å². The zero-order chi connectivity index (χ0) is 13.1. The minimum Gasteiger partial charge on any atom is -0.256 e. The molecule has 1 aromatic carbocycles. The zero-order valence-corrected chi connectivity index (χ0v) is 10.6. The van der Waals surface area contributed by atoms with Gasteiger partial charge in [-0.3, -0.25) is 4.98 Å². The molecule has 0 amide bonds. The first-order valence-electron chi connectivity index (χ1n) is 5.08. The van der Waals surface area contributed by atoms with Gasteiger partial charge >= 0.3 is 0 Å². The Morgan fingerprint density at radius 1 is 1.28 bits per heavy atom. The third-order valence-corrected chi connectivity index (χ3v) is 2.95. The fourth-order valence-corrected chi connectivity index (χ4v) is 2.06. The van der Waals surface area contributed by atoms with Crippen molar-refractivity contribution in [1.82, 2.24) is 4.98 Å². The van der Waals surface area contributed by atoms with Crippen molar-refractivity contribution in [3.8, 4) is 17.2 Å². The minimum absolute atomic E-state index is 0.0551. The molecule has 0 saturated heterocycles. The summed E-state index contributed by atoms with van der Waals surface area (Å²) in [5, 5.41) is 9.45. The number of nitriles is 1. The Hall–Kier alpha value is -1.63. The summed E-state index contributed by atoms with van der Waals surface area (Å²) in [6.45, 7) is 0. The van der Waals surface area contributed by atoms with Crippen LogP contribution in [-0.2, 0) is 6.42 Å². The molecule has 1 aromatic heterocycles. The summed E-state index contributed by atoms with van der Waals surface area (Å²) in [6, 6.07) is 8.12. The Bertz CT molecular complexity index is 635. The van der Waals surface area contributed by atoms with Crippen molar-refractivity contribution in [2.45, 2.75) is 6.42 Å². The highest BCUT2D eigenvalue weighted by atomic mass is 35.5. The molecule has 18 heavy (non-hydrogen) atoms. The molecule has 2 rings (SSSR count). The summed E-state index contributed by atoms with van der Waals surface area (Å²) in [6.07, 6.45) is 1.44. The van der Waals surface area contributed by atoms with E-state index >= 15 is 0 Å². The van der Waals surface area contributed by atoms with E-state index in [9.17, 15) is 4.39 Å². The number of benzene rings is 1. The number of aromatic nitrogens is 1. The molecule has 0 fully saturated rings. The Morgan fingerprint density at radius 2 is 2.06 bits per heavy atom. The van der Waals surface area contributed by atoms with Gasteiger partial charge in [0, 0.05) is 27.4 Å². The molecule has 0 bridgehead atoms. The third kappa shape index (κ3) is 2.61. The van der Waals surface area contributed by atoms with Crippen LogP contribution in [0.15, 0.2) is 30.5 Å². The van der Waals surface area contributed by atoms with Gasteiger partial charge < -0.3 is 0 Å². The largest absolute Gasteiger partial charge is 0.256 e. The summed E-state index contributed by atoms with van der Waals surface area (Å²) in [4.78, 5) is 3.92. The third-order valence-electron chi connectivity index (χ3n) is 2.41. The van der Waals surface area contributed by atoms with Gasteiger partial charge in [0.25, 0.3) is 0 Å². The Balaban J connectivity index is 2.46. The van der Waals surface area contributed by atoms with Crippen LogP contribution in [0.4, 0.5) is 4.39 Å². The molecular formula is C13H7Cl2FN2. The fourth-order valence-electron chi connectivity index (χ4n) is 1.54. The van der Waals surface area contributed by atoms with E-state index in [0.29, 0.717) is 21.2 Å². The van der Waals surface area contributed by atoms with E-state index in [4.69, 9.17) is 28.5 Å². The maximum Gasteiger partial charge on any atom is 0.146 e. The van der Waals surface area contributed by atoms with Gasteiger partial charge in [0.05, 0.1) is 18.2 Å². The lowest BCUT2D eigenvalue weighted by atomic mass is 10.1. The van der Waals surface area contributed by atoms with Gasteiger partial charge in [0.15, 0.2) is 0 Å². The van der Waals surface area contributed by atoms with E-state index in [1.165, 1.54) is 12.3 Å². The average Bonchev–Trinajstić information content (AvgIpc) is 2.32. The fraction of sp³-hybridized carbons (Fsp3) is 0.0769. The van der Waals surface area contributed by atoms with Crippen LogP contribution in [0.25, 0.3) is 11.1 Å². The first kappa shape index (κ1) is 12.8. The first-order chi connectivity index (χ1) is 8.61. The van der Waals surface area contributed by atoms with E-state index < -0.39 is 5.82 Å². The van der Waals surface area contributed by atoms with Crippen molar-refractivity contribution >= 4 is 23.2 Å². The van der Waals surface area contributed by atoms with E-state index in [-0.39, 0.29) is 12.1 Å². The molecule has 0 aliphatic rings. The summed E-state index contributed by atoms with van der Waals surface area (Å²) in [5.74, 6) is -0.514. The first-order valence-corrected chi connectivity index (χ1v) is 5.84. The number of pyridine rings is 1. The zero-order valence-electron chi connectivity index (χ0n) is 9.12. The number of halogens is 3. The van der Waals surface area contributed by atoms with Crippen molar-refractivity contribution in [2.75, 3.05) is 0 Å². The van der Waals surface area contributed by atoms with Crippen LogP contribution in [0.2, 0.25) is 10.0 Å². The predicted octanol–water partition coefficient (Wildman–Crippen LogP) is 4.26. The Morgan fingerprint density at radius 3 is 2.67 bits per heavy atom. The smallest absolute Gasteiger partial charge is 0.146 e. The standard InChI is InChI=1S/C13H7Cl2FN2/c14-9-1-2-10(11(15)6-9)8-5-12(16)13(3-4-17)18-7-8/h1-2,5-7H,3H2. The molecule has 0 aliphatic carbocycles. The molecule has 2 nitrogen and oxygen atoms in total. The lowest BCUT2D eigenvalue weighted by Crippen LogP contribution is -1.94. The molecule has 0 N–H and O–H groups in total. The number of hydrogen-bond donors (Lipinski definition) is 0. The molecule has 90 valence electrons. The summed E-state index contributed by atoms with van der Waals surface area (Å²) >= 11 is 11.8. The van der Waals surface area contributed by atoms with Crippen LogP contribution in [0.5, 0.6) is 0 Å². The molecular weight excluding hydrogens is 274 g/mol. The number of nitrogens with zero attached hydrogens (tertiary/aromatic N) is 2. The van der Waals surface area contributed by atoms with Crippen molar-refractivity contribution < 1.29 is 4.39 Å². The minimum atomic E-state index is -0.514.